The zero-order valence-corrected chi connectivity index (χ0v) is 14.9. The summed E-state index contributed by atoms with van der Waals surface area (Å²) < 4.78 is 16.3. The number of amides is 2. The Bertz CT molecular complexity index is 449. The molecule has 0 radical (unpaired) electrons. The lowest BCUT2D eigenvalue weighted by Gasteiger charge is -2.30. The number of hydrogen-bond donors (Lipinski definition) is 3. The fourth-order valence-corrected chi connectivity index (χ4v) is 3.27. The third-order valence-electron chi connectivity index (χ3n) is 3.73. The molecule has 0 aromatic carbocycles. The SMILES string of the molecule is CNC(=O)/C=C\N(C=O)[C@@H](COC)OC1(COC)CC1CP(O)O. The van der Waals surface area contributed by atoms with Crippen LogP contribution in [0.2, 0.25) is 0 Å². The van der Waals surface area contributed by atoms with Crippen molar-refractivity contribution in [3.8, 4) is 0 Å². The molecule has 9 nitrogen and oxygen atoms in total. The first-order chi connectivity index (χ1) is 11.4. The Kier molecular flexibility index (Phi) is 8.75. The Morgan fingerprint density at radius 3 is 2.67 bits per heavy atom. The van der Waals surface area contributed by atoms with Crippen molar-refractivity contribution in [2.75, 3.05) is 40.6 Å². The zero-order valence-electron chi connectivity index (χ0n) is 14.0. The van der Waals surface area contributed by atoms with Gasteiger partial charge in [-0.2, -0.15) is 0 Å². The van der Waals surface area contributed by atoms with E-state index in [4.69, 9.17) is 14.2 Å². The average molecular weight is 364 g/mol. The van der Waals surface area contributed by atoms with Gasteiger partial charge in [0.1, 0.15) is 0 Å². The molecule has 0 aliphatic heterocycles. The van der Waals surface area contributed by atoms with Crippen molar-refractivity contribution in [3.05, 3.63) is 12.3 Å². The molecule has 1 aliphatic rings. The highest BCUT2D eigenvalue weighted by Crippen LogP contribution is 2.52. The standard InChI is InChI=1S/C14H25N2O7P/c1-15-12(18)4-5-16(10-17)13(7-21-2)23-14(9-22-3)6-11(14)8-24(19)20/h4-5,10-11,13,19-20H,6-9H2,1-3H3,(H,15,18)/b5-4-/t11?,13-,14?/m1/s1. The summed E-state index contributed by atoms with van der Waals surface area (Å²) in [6, 6.07) is 0. The van der Waals surface area contributed by atoms with Crippen LogP contribution < -0.4 is 5.32 Å². The Hall–Kier alpha value is -1.09. The summed E-state index contributed by atoms with van der Waals surface area (Å²) in [6.07, 6.45) is 3.08. The molecule has 1 aliphatic carbocycles. The molecular formula is C14H25N2O7P. The van der Waals surface area contributed by atoms with Gasteiger partial charge in [-0.25, -0.2) is 0 Å². The molecule has 0 aromatic heterocycles. The quantitative estimate of drug-likeness (QED) is 0.183. The first kappa shape index (κ1) is 21.0. The summed E-state index contributed by atoms with van der Waals surface area (Å²) in [6.45, 7) is 0.342. The van der Waals surface area contributed by atoms with Crippen molar-refractivity contribution in [2.45, 2.75) is 18.2 Å². The van der Waals surface area contributed by atoms with E-state index in [1.165, 1.54) is 38.4 Å². The van der Waals surface area contributed by atoms with Crippen LogP contribution in [-0.4, -0.2) is 79.5 Å². The van der Waals surface area contributed by atoms with Gasteiger partial charge in [-0.05, 0) is 6.42 Å². The number of nitrogens with one attached hydrogen (secondary N) is 1. The number of methoxy groups -OCH3 is 2. The third-order valence-corrected chi connectivity index (χ3v) is 4.49. The predicted octanol–water partition coefficient (Wildman–Crippen LogP) is -0.605. The molecular weight excluding hydrogens is 339 g/mol. The van der Waals surface area contributed by atoms with E-state index in [9.17, 15) is 19.4 Å². The van der Waals surface area contributed by atoms with Crippen molar-refractivity contribution in [1.82, 2.24) is 10.2 Å². The van der Waals surface area contributed by atoms with Gasteiger partial charge in [0.25, 0.3) is 0 Å². The van der Waals surface area contributed by atoms with Crippen LogP contribution in [0.25, 0.3) is 0 Å². The normalized spacial score (nSPS) is 24.2. The van der Waals surface area contributed by atoms with Gasteiger partial charge in [0.2, 0.25) is 12.3 Å². The van der Waals surface area contributed by atoms with Gasteiger partial charge in [0.15, 0.2) is 14.6 Å². The first-order valence-corrected chi connectivity index (χ1v) is 8.79. The smallest absolute Gasteiger partial charge is 0.245 e. The summed E-state index contributed by atoms with van der Waals surface area (Å²) >= 11 is 0. The second-order valence-corrected chi connectivity index (χ2v) is 6.57. The molecule has 0 spiro atoms. The predicted molar refractivity (Wildman–Crippen MR) is 86.8 cm³/mol. The molecule has 1 saturated carbocycles. The minimum Gasteiger partial charge on any atom is -0.382 e. The van der Waals surface area contributed by atoms with E-state index in [-0.39, 0.29) is 31.2 Å². The minimum absolute atomic E-state index is 0.0747. The van der Waals surface area contributed by atoms with Crippen LogP contribution >= 0.6 is 8.38 Å². The molecule has 10 heteroatoms. The van der Waals surface area contributed by atoms with E-state index in [1.807, 2.05) is 0 Å². The van der Waals surface area contributed by atoms with Crippen LogP contribution in [0.5, 0.6) is 0 Å². The molecule has 0 bridgehead atoms. The summed E-state index contributed by atoms with van der Waals surface area (Å²) in [7, 11) is 2.44. The Balaban J connectivity index is 2.83. The Labute approximate surface area is 142 Å². The maximum atomic E-state index is 11.3. The second-order valence-electron chi connectivity index (χ2n) is 5.46. The molecule has 0 heterocycles. The fraction of sp³-hybridized carbons (Fsp3) is 0.714. The highest BCUT2D eigenvalue weighted by atomic mass is 31.2. The maximum absolute atomic E-state index is 11.3. The van der Waals surface area contributed by atoms with Gasteiger partial charge >= 0.3 is 0 Å². The Morgan fingerprint density at radius 1 is 1.46 bits per heavy atom. The monoisotopic (exact) mass is 364 g/mol. The number of nitrogens with zero attached hydrogens (tertiary/aromatic N) is 1. The van der Waals surface area contributed by atoms with Crippen molar-refractivity contribution < 1.29 is 33.6 Å². The van der Waals surface area contributed by atoms with E-state index in [1.54, 1.807) is 0 Å². The zero-order chi connectivity index (χ0) is 18.2. The van der Waals surface area contributed by atoms with E-state index in [2.05, 4.69) is 5.32 Å². The van der Waals surface area contributed by atoms with Crippen molar-refractivity contribution >= 4 is 20.7 Å². The highest BCUT2D eigenvalue weighted by Gasteiger charge is 2.57. The molecule has 24 heavy (non-hydrogen) atoms. The third kappa shape index (κ3) is 6.08. The summed E-state index contributed by atoms with van der Waals surface area (Å²) in [4.78, 5) is 42.2. The number of hydrogen-bond acceptors (Lipinski definition) is 7. The number of likely N-dealkylation sites (N-methyl/N-ethyl adjacent to an activating group) is 1. The van der Waals surface area contributed by atoms with Gasteiger partial charge in [-0.3, -0.25) is 14.5 Å². The molecule has 1 rings (SSSR count). The van der Waals surface area contributed by atoms with Crippen molar-refractivity contribution in [2.24, 2.45) is 5.92 Å². The van der Waals surface area contributed by atoms with Gasteiger partial charge in [0.05, 0.1) is 18.8 Å². The average Bonchev–Trinajstić information content (AvgIpc) is 3.18. The summed E-state index contributed by atoms with van der Waals surface area (Å²) in [5, 5.41) is 2.41. The molecule has 0 aromatic rings. The summed E-state index contributed by atoms with van der Waals surface area (Å²) in [5.41, 5.74) is -0.702. The van der Waals surface area contributed by atoms with Crippen LogP contribution in [0.15, 0.2) is 12.3 Å². The van der Waals surface area contributed by atoms with E-state index in [0.717, 1.165) is 0 Å². The van der Waals surface area contributed by atoms with E-state index >= 15 is 0 Å². The number of rotatable bonds is 12. The molecule has 0 saturated heterocycles. The maximum Gasteiger partial charge on any atom is 0.245 e. The van der Waals surface area contributed by atoms with Crippen LogP contribution in [0, 0.1) is 5.92 Å². The molecule has 3 atom stereocenters. The topological polar surface area (TPSA) is 118 Å². The van der Waals surface area contributed by atoms with Gasteiger partial charge in [0, 0.05) is 45.6 Å². The lowest BCUT2D eigenvalue weighted by molar-refractivity contribution is -0.155. The number of carbonyl (C=O) groups excluding carboxylic acids is 2. The van der Waals surface area contributed by atoms with E-state index < -0.39 is 20.2 Å². The first-order valence-electron chi connectivity index (χ1n) is 7.36. The van der Waals surface area contributed by atoms with Gasteiger partial charge in [-0.15, -0.1) is 0 Å². The second kappa shape index (κ2) is 10.0. The van der Waals surface area contributed by atoms with Crippen LogP contribution in [0.4, 0.5) is 0 Å². The van der Waals surface area contributed by atoms with Crippen molar-refractivity contribution in [3.63, 3.8) is 0 Å². The number of carbonyl (C=O) groups is 2. The van der Waals surface area contributed by atoms with Gasteiger partial charge in [-0.1, -0.05) is 0 Å². The lowest BCUT2D eigenvalue weighted by Crippen LogP contribution is -2.42. The van der Waals surface area contributed by atoms with Crippen LogP contribution in [-0.2, 0) is 23.8 Å². The largest absolute Gasteiger partial charge is 0.382 e. The van der Waals surface area contributed by atoms with Crippen LogP contribution in [0.1, 0.15) is 6.42 Å². The fourth-order valence-electron chi connectivity index (χ4n) is 2.42. The molecule has 1 fully saturated rings. The van der Waals surface area contributed by atoms with Crippen molar-refractivity contribution in [1.29, 1.82) is 0 Å². The molecule has 138 valence electrons. The highest BCUT2D eigenvalue weighted by molar-refractivity contribution is 7.45. The molecule has 2 amide bonds. The van der Waals surface area contributed by atoms with Gasteiger partial charge < -0.3 is 29.3 Å². The molecule has 2 unspecified atom stereocenters. The number of ether oxygens (including phenoxy) is 3. The summed E-state index contributed by atoms with van der Waals surface area (Å²) in [5.74, 6) is -0.436. The molecule has 3 N–H and O–H groups in total. The Morgan fingerprint density at radius 2 is 2.17 bits per heavy atom. The van der Waals surface area contributed by atoms with E-state index in [0.29, 0.717) is 12.8 Å². The lowest BCUT2D eigenvalue weighted by atomic mass is 10.3. The van der Waals surface area contributed by atoms with Crippen LogP contribution in [0.3, 0.4) is 0 Å². The minimum atomic E-state index is -2.03.